The van der Waals surface area contributed by atoms with E-state index in [1.54, 1.807) is 0 Å². The second kappa shape index (κ2) is 4.47. The van der Waals surface area contributed by atoms with Crippen molar-refractivity contribution in [2.75, 3.05) is 12.3 Å². The van der Waals surface area contributed by atoms with Crippen LogP contribution >= 0.6 is 0 Å². The van der Waals surface area contributed by atoms with Crippen molar-refractivity contribution in [1.29, 1.82) is 0 Å². The van der Waals surface area contributed by atoms with E-state index in [4.69, 9.17) is 10.8 Å². The first-order valence-electron chi connectivity index (χ1n) is 5.86. The van der Waals surface area contributed by atoms with Crippen molar-refractivity contribution >= 4 is 17.0 Å². The zero-order valence-corrected chi connectivity index (χ0v) is 10.2. The maximum absolute atomic E-state index is 13.2. The molecule has 0 aliphatic heterocycles. The number of rotatable bonds is 2. The summed E-state index contributed by atoms with van der Waals surface area (Å²) >= 11 is 0. The second-order valence-corrected chi connectivity index (χ2v) is 4.53. The van der Waals surface area contributed by atoms with Crippen molar-refractivity contribution in [3.8, 4) is 0 Å². The van der Waals surface area contributed by atoms with Gasteiger partial charge in [0.2, 0.25) is 0 Å². The lowest BCUT2D eigenvalue weighted by molar-refractivity contribution is 0.0287. The molecule has 0 bridgehead atoms. The van der Waals surface area contributed by atoms with Crippen molar-refractivity contribution in [3.63, 3.8) is 0 Å². The van der Waals surface area contributed by atoms with Gasteiger partial charge in [0.05, 0.1) is 19.0 Å². The minimum atomic E-state index is -1.19. The van der Waals surface area contributed by atoms with Gasteiger partial charge in [0, 0.05) is 0 Å². The molecule has 0 fully saturated rings. The number of imidazole rings is 1. The average Bonchev–Trinajstić information content (AvgIpc) is 2.93. The molecule has 0 spiro atoms. The zero-order chi connectivity index (χ0) is 14.4. The van der Waals surface area contributed by atoms with Crippen molar-refractivity contribution in [1.82, 2.24) is 19.5 Å². The van der Waals surface area contributed by atoms with Gasteiger partial charge in [-0.3, -0.25) is 0 Å². The standard InChI is InChI=1S/C11H12FN5O3/c12-11-15-9(13)6-10(16-11)17(3-14-6)5-1-4(2-18)7(19)8(5)20/h1,3,5,7-8,18-20H,2H2,(H2,13,15,16). The van der Waals surface area contributed by atoms with Crippen LogP contribution in [0.2, 0.25) is 0 Å². The van der Waals surface area contributed by atoms with Crippen molar-refractivity contribution < 1.29 is 19.7 Å². The van der Waals surface area contributed by atoms with Gasteiger partial charge in [-0.1, -0.05) is 6.08 Å². The Hall–Kier alpha value is -2.10. The number of nitrogens with zero attached hydrogens (tertiary/aromatic N) is 4. The molecule has 3 unspecified atom stereocenters. The van der Waals surface area contributed by atoms with Crippen LogP contribution in [-0.4, -0.2) is 53.7 Å². The summed E-state index contributed by atoms with van der Waals surface area (Å²) in [6.07, 6.45) is -0.560. The van der Waals surface area contributed by atoms with Gasteiger partial charge in [-0.2, -0.15) is 14.4 Å². The Kier molecular flexibility index (Phi) is 2.89. The van der Waals surface area contributed by atoms with Gasteiger partial charge in [-0.25, -0.2) is 4.98 Å². The fraction of sp³-hybridized carbons (Fsp3) is 0.364. The molecule has 1 aliphatic rings. The Morgan fingerprint density at radius 3 is 2.75 bits per heavy atom. The number of anilines is 1. The predicted molar refractivity (Wildman–Crippen MR) is 65.9 cm³/mol. The molecule has 9 heteroatoms. The third-order valence-electron chi connectivity index (χ3n) is 3.36. The van der Waals surface area contributed by atoms with Gasteiger partial charge in [-0.15, -0.1) is 0 Å². The Labute approximate surface area is 112 Å². The molecule has 0 aromatic carbocycles. The molecule has 0 saturated heterocycles. The summed E-state index contributed by atoms with van der Waals surface area (Å²) in [6.45, 7) is -0.382. The molecule has 0 amide bonds. The lowest BCUT2D eigenvalue weighted by atomic mass is 10.1. The molecule has 3 atom stereocenters. The Balaban J connectivity index is 2.14. The largest absolute Gasteiger partial charge is 0.392 e. The minimum Gasteiger partial charge on any atom is -0.392 e. The van der Waals surface area contributed by atoms with E-state index < -0.39 is 24.3 Å². The van der Waals surface area contributed by atoms with Crippen LogP contribution < -0.4 is 5.73 Å². The van der Waals surface area contributed by atoms with Crippen LogP contribution in [0.15, 0.2) is 18.0 Å². The number of aliphatic hydroxyl groups is 3. The maximum Gasteiger partial charge on any atom is 0.312 e. The molecule has 20 heavy (non-hydrogen) atoms. The monoisotopic (exact) mass is 281 g/mol. The second-order valence-electron chi connectivity index (χ2n) is 4.53. The fourth-order valence-electron chi connectivity index (χ4n) is 2.34. The van der Waals surface area contributed by atoms with E-state index in [9.17, 15) is 14.6 Å². The Bertz CT molecular complexity index is 701. The highest BCUT2D eigenvalue weighted by Gasteiger charge is 2.36. The topological polar surface area (TPSA) is 130 Å². The van der Waals surface area contributed by atoms with E-state index in [-0.39, 0.29) is 29.2 Å². The van der Waals surface area contributed by atoms with E-state index in [2.05, 4.69) is 15.0 Å². The number of nitrogens with two attached hydrogens (primary N) is 1. The summed E-state index contributed by atoms with van der Waals surface area (Å²) in [6, 6.07) is -0.717. The Morgan fingerprint density at radius 2 is 2.10 bits per heavy atom. The van der Waals surface area contributed by atoms with Crippen LogP contribution in [0.25, 0.3) is 11.2 Å². The van der Waals surface area contributed by atoms with E-state index >= 15 is 0 Å². The summed E-state index contributed by atoms with van der Waals surface area (Å²) in [5.74, 6) is -0.106. The average molecular weight is 281 g/mol. The molecule has 1 aliphatic carbocycles. The van der Waals surface area contributed by atoms with E-state index in [1.165, 1.54) is 17.0 Å². The van der Waals surface area contributed by atoms with Crippen molar-refractivity contribution in [3.05, 3.63) is 24.1 Å². The molecule has 2 aromatic heterocycles. The SMILES string of the molecule is Nc1nc(F)nc2c1ncn2C1C=C(CO)C(O)C1O. The molecular weight excluding hydrogens is 269 g/mol. The number of halogens is 1. The van der Waals surface area contributed by atoms with Crippen molar-refractivity contribution in [2.45, 2.75) is 18.2 Å². The van der Waals surface area contributed by atoms with Gasteiger partial charge in [0.1, 0.15) is 17.7 Å². The van der Waals surface area contributed by atoms with Crippen LogP contribution in [0, 0.1) is 6.08 Å². The van der Waals surface area contributed by atoms with E-state index in [0.29, 0.717) is 0 Å². The summed E-state index contributed by atoms with van der Waals surface area (Å²) in [4.78, 5) is 10.9. The number of hydrogen-bond acceptors (Lipinski definition) is 7. The third kappa shape index (κ3) is 1.75. The predicted octanol–water partition coefficient (Wildman–Crippen LogP) is -1.26. The number of fused-ring (bicyclic) bond motifs is 1. The highest BCUT2D eigenvalue weighted by atomic mass is 19.1. The smallest absolute Gasteiger partial charge is 0.312 e. The van der Waals surface area contributed by atoms with Crippen LogP contribution in [0.4, 0.5) is 10.2 Å². The van der Waals surface area contributed by atoms with Crippen molar-refractivity contribution in [2.24, 2.45) is 0 Å². The van der Waals surface area contributed by atoms with Gasteiger partial charge in [0.25, 0.3) is 0 Å². The quantitative estimate of drug-likeness (QED) is 0.399. The first-order chi connectivity index (χ1) is 9.52. The van der Waals surface area contributed by atoms with E-state index in [0.717, 1.165) is 0 Å². The van der Waals surface area contributed by atoms with Gasteiger partial charge < -0.3 is 25.6 Å². The molecule has 0 saturated carbocycles. The molecule has 5 N–H and O–H groups in total. The molecule has 106 valence electrons. The summed E-state index contributed by atoms with van der Waals surface area (Å²) in [5.41, 5.74) is 6.15. The van der Waals surface area contributed by atoms with Crippen LogP contribution in [-0.2, 0) is 0 Å². The summed E-state index contributed by atoms with van der Waals surface area (Å²) in [5, 5.41) is 28.9. The Morgan fingerprint density at radius 1 is 1.35 bits per heavy atom. The molecule has 3 rings (SSSR count). The summed E-state index contributed by atoms with van der Waals surface area (Å²) in [7, 11) is 0. The highest BCUT2D eigenvalue weighted by molar-refractivity contribution is 5.81. The lowest BCUT2D eigenvalue weighted by Gasteiger charge is -2.18. The molecule has 0 radical (unpaired) electrons. The van der Waals surface area contributed by atoms with Crippen LogP contribution in [0.3, 0.4) is 0 Å². The first kappa shape index (κ1) is 12.9. The number of nitrogen functional groups attached to an aromatic ring is 1. The normalized spacial score (nSPS) is 26.2. The zero-order valence-electron chi connectivity index (χ0n) is 10.2. The lowest BCUT2D eigenvalue weighted by Crippen LogP contribution is -2.30. The fourth-order valence-corrected chi connectivity index (χ4v) is 2.34. The number of aliphatic hydroxyl groups excluding tert-OH is 3. The molecule has 8 nitrogen and oxygen atoms in total. The molecule has 2 heterocycles. The third-order valence-corrected chi connectivity index (χ3v) is 3.36. The van der Waals surface area contributed by atoms with Gasteiger partial charge in [-0.05, 0) is 5.57 Å². The minimum absolute atomic E-state index is 0.106. The van der Waals surface area contributed by atoms with Gasteiger partial charge in [0.15, 0.2) is 11.5 Å². The van der Waals surface area contributed by atoms with Gasteiger partial charge >= 0.3 is 6.08 Å². The number of aromatic nitrogens is 4. The van der Waals surface area contributed by atoms with E-state index in [1.807, 2.05) is 0 Å². The molecular formula is C11H12FN5O3. The number of hydrogen-bond donors (Lipinski definition) is 4. The highest BCUT2D eigenvalue weighted by Crippen LogP contribution is 2.31. The first-order valence-corrected chi connectivity index (χ1v) is 5.86. The molecule has 2 aromatic rings. The summed E-state index contributed by atoms with van der Waals surface area (Å²) < 4.78 is 14.6. The van der Waals surface area contributed by atoms with Crippen LogP contribution in [0.5, 0.6) is 0 Å². The van der Waals surface area contributed by atoms with Crippen LogP contribution in [0.1, 0.15) is 6.04 Å². The maximum atomic E-state index is 13.2.